The van der Waals surface area contributed by atoms with Crippen molar-refractivity contribution in [3.8, 4) is 0 Å². The van der Waals surface area contributed by atoms with Gasteiger partial charge in [-0.15, -0.1) is 0 Å². The van der Waals surface area contributed by atoms with Gasteiger partial charge in [0, 0.05) is 5.92 Å². The highest BCUT2D eigenvalue weighted by atomic mass is 14.4. The molecule has 2 aliphatic carbocycles. The maximum absolute atomic E-state index is 2.37. The minimum Gasteiger partial charge on any atom is -0.0808 e. The summed E-state index contributed by atoms with van der Waals surface area (Å²) in [7, 11) is 0. The summed E-state index contributed by atoms with van der Waals surface area (Å²) in [5.41, 5.74) is 3.15. The van der Waals surface area contributed by atoms with Gasteiger partial charge in [-0.3, -0.25) is 0 Å². The van der Waals surface area contributed by atoms with Gasteiger partial charge in [-0.2, -0.15) is 0 Å². The van der Waals surface area contributed by atoms with Crippen molar-refractivity contribution in [1.29, 1.82) is 0 Å². The Morgan fingerprint density at radius 1 is 1.25 bits per heavy atom. The Bertz CT molecular complexity index is 425. The molecule has 0 heteroatoms. The molecular formula is C16H18. The van der Waals surface area contributed by atoms with Gasteiger partial charge < -0.3 is 0 Å². The second-order valence-corrected chi connectivity index (χ2v) is 4.93. The number of benzene rings is 1. The van der Waals surface area contributed by atoms with E-state index in [2.05, 4.69) is 55.5 Å². The van der Waals surface area contributed by atoms with E-state index in [1.807, 2.05) is 0 Å². The Morgan fingerprint density at radius 3 is 2.81 bits per heavy atom. The molecule has 2 aliphatic rings. The lowest BCUT2D eigenvalue weighted by Crippen LogP contribution is -2.05. The van der Waals surface area contributed by atoms with E-state index in [-0.39, 0.29) is 0 Å². The van der Waals surface area contributed by atoms with Crippen LogP contribution in [-0.4, -0.2) is 0 Å². The molecule has 0 radical (unpaired) electrons. The molecule has 1 aromatic carbocycles. The molecule has 1 aromatic rings. The van der Waals surface area contributed by atoms with Gasteiger partial charge in [0.15, 0.2) is 0 Å². The zero-order chi connectivity index (χ0) is 11.0. The van der Waals surface area contributed by atoms with Crippen molar-refractivity contribution in [3.05, 3.63) is 59.7 Å². The maximum Gasteiger partial charge on any atom is 0.00516 e. The van der Waals surface area contributed by atoms with Gasteiger partial charge >= 0.3 is 0 Å². The Balaban J connectivity index is 1.92. The number of hydrogen-bond acceptors (Lipinski definition) is 0. The van der Waals surface area contributed by atoms with E-state index in [0.717, 1.165) is 11.8 Å². The van der Waals surface area contributed by atoms with Crippen molar-refractivity contribution < 1.29 is 0 Å². The number of hydrogen-bond donors (Lipinski definition) is 0. The highest BCUT2D eigenvalue weighted by Gasteiger charge is 2.41. The van der Waals surface area contributed by atoms with E-state index in [0.29, 0.717) is 5.92 Å². The van der Waals surface area contributed by atoms with E-state index in [1.165, 1.54) is 18.4 Å². The van der Waals surface area contributed by atoms with Crippen LogP contribution in [0.1, 0.15) is 31.2 Å². The summed E-state index contributed by atoms with van der Waals surface area (Å²) in [5.74, 6) is 2.36. The molecule has 82 valence electrons. The van der Waals surface area contributed by atoms with Crippen LogP contribution < -0.4 is 0 Å². The lowest BCUT2D eigenvalue weighted by molar-refractivity contribution is 0.691. The number of fused-ring (bicyclic) bond motifs is 1. The van der Waals surface area contributed by atoms with Crippen LogP contribution in [0.3, 0.4) is 0 Å². The van der Waals surface area contributed by atoms with Gasteiger partial charge in [0.25, 0.3) is 0 Å². The Hall–Kier alpha value is -1.30. The van der Waals surface area contributed by atoms with Crippen molar-refractivity contribution in [2.45, 2.75) is 25.7 Å². The molecule has 0 N–H and O–H groups in total. The molecule has 1 saturated carbocycles. The molecule has 16 heavy (non-hydrogen) atoms. The minimum atomic E-state index is 0.640. The lowest BCUT2D eigenvalue weighted by atomic mass is 9.84. The summed E-state index contributed by atoms with van der Waals surface area (Å²) in [6, 6.07) is 10.9. The Kier molecular flexibility index (Phi) is 2.43. The summed E-state index contributed by atoms with van der Waals surface area (Å²) in [4.78, 5) is 0. The summed E-state index contributed by atoms with van der Waals surface area (Å²) < 4.78 is 0. The fourth-order valence-electron chi connectivity index (χ4n) is 2.97. The van der Waals surface area contributed by atoms with E-state index in [1.54, 1.807) is 5.57 Å². The van der Waals surface area contributed by atoms with Crippen LogP contribution in [0.15, 0.2) is 54.1 Å². The first kappa shape index (κ1) is 9.89. The number of allylic oxidation sites excluding steroid dienone is 4. The van der Waals surface area contributed by atoms with Crippen LogP contribution in [0, 0.1) is 11.8 Å². The first-order chi connectivity index (χ1) is 7.90. The van der Waals surface area contributed by atoms with Crippen LogP contribution in [-0.2, 0) is 0 Å². The molecule has 0 heterocycles. The van der Waals surface area contributed by atoms with Gasteiger partial charge in [0.1, 0.15) is 0 Å². The molecule has 0 nitrogen and oxygen atoms in total. The fourth-order valence-corrected chi connectivity index (χ4v) is 2.97. The van der Waals surface area contributed by atoms with Gasteiger partial charge in [0.05, 0.1) is 0 Å². The molecule has 0 amide bonds. The average Bonchev–Trinajstić information content (AvgIpc) is 3.11. The first-order valence-corrected chi connectivity index (χ1v) is 6.33. The van der Waals surface area contributed by atoms with Crippen LogP contribution in [0.5, 0.6) is 0 Å². The highest BCUT2D eigenvalue weighted by molar-refractivity contribution is 5.38. The summed E-state index contributed by atoms with van der Waals surface area (Å²) in [6.45, 7) is 2.30. The molecule has 3 atom stereocenters. The number of rotatable bonds is 3. The van der Waals surface area contributed by atoms with Crippen LogP contribution in [0.25, 0.3) is 0 Å². The second-order valence-electron chi connectivity index (χ2n) is 4.93. The van der Waals surface area contributed by atoms with E-state index in [9.17, 15) is 0 Å². The summed E-state index contributed by atoms with van der Waals surface area (Å²) in [5, 5.41) is 0. The first-order valence-electron chi connectivity index (χ1n) is 6.33. The molecule has 0 saturated heterocycles. The standard InChI is InChI=1S/C16H18/c1-2-14(12-7-4-3-5-8-12)15-10-6-9-13-11-16(13)15/h3-10,13-14,16H,2,11H2,1H3. The van der Waals surface area contributed by atoms with Gasteiger partial charge in [-0.1, -0.05) is 61.1 Å². The second kappa shape index (κ2) is 3.93. The average molecular weight is 210 g/mol. The topological polar surface area (TPSA) is 0 Å². The zero-order valence-electron chi connectivity index (χ0n) is 9.77. The smallest absolute Gasteiger partial charge is 0.00516 e. The van der Waals surface area contributed by atoms with Crippen LogP contribution >= 0.6 is 0 Å². The molecule has 0 aromatic heterocycles. The molecule has 1 fully saturated rings. The predicted molar refractivity (Wildman–Crippen MR) is 68.3 cm³/mol. The molecular weight excluding hydrogens is 192 g/mol. The van der Waals surface area contributed by atoms with Crippen molar-refractivity contribution >= 4 is 0 Å². The Morgan fingerprint density at radius 2 is 2.06 bits per heavy atom. The Labute approximate surface area is 97.7 Å². The van der Waals surface area contributed by atoms with Gasteiger partial charge in [-0.05, 0) is 30.2 Å². The van der Waals surface area contributed by atoms with Gasteiger partial charge in [0.2, 0.25) is 0 Å². The van der Waals surface area contributed by atoms with E-state index < -0.39 is 0 Å². The molecule has 0 spiro atoms. The molecule has 0 aliphatic heterocycles. The SMILES string of the molecule is CCC(C1=CC=CC2CC12)c1ccccc1. The van der Waals surface area contributed by atoms with Crippen molar-refractivity contribution in [1.82, 2.24) is 0 Å². The molecule has 3 unspecified atom stereocenters. The fraction of sp³-hybridized carbons (Fsp3) is 0.375. The van der Waals surface area contributed by atoms with E-state index >= 15 is 0 Å². The third kappa shape index (κ3) is 1.63. The van der Waals surface area contributed by atoms with Crippen molar-refractivity contribution in [2.75, 3.05) is 0 Å². The minimum absolute atomic E-state index is 0.640. The lowest BCUT2D eigenvalue weighted by Gasteiger charge is -2.20. The summed E-state index contributed by atoms with van der Waals surface area (Å²) >= 11 is 0. The van der Waals surface area contributed by atoms with Crippen LogP contribution in [0.2, 0.25) is 0 Å². The summed E-state index contributed by atoms with van der Waals surface area (Å²) in [6.07, 6.45) is 9.58. The normalized spacial score (nSPS) is 28.2. The monoisotopic (exact) mass is 210 g/mol. The van der Waals surface area contributed by atoms with Crippen molar-refractivity contribution in [2.24, 2.45) is 11.8 Å². The third-order valence-corrected chi connectivity index (χ3v) is 3.93. The van der Waals surface area contributed by atoms with E-state index in [4.69, 9.17) is 0 Å². The highest BCUT2D eigenvalue weighted by Crippen LogP contribution is 2.52. The molecule has 0 bridgehead atoms. The zero-order valence-corrected chi connectivity index (χ0v) is 9.77. The van der Waals surface area contributed by atoms with Crippen molar-refractivity contribution in [3.63, 3.8) is 0 Å². The molecule has 3 rings (SSSR count). The predicted octanol–water partition coefficient (Wildman–Crippen LogP) is 4.31. The van der Waals surface area contributed by atoms with Crippen LogP contribution in [0.4, 0.5) is 0 Å². The quantitative estimate of drug-likeness (QED) is 0.697. The third-order valence-electron chi connectivity index (χ3n) is 3.93. The maximum atomic E-state index is 2.37. The largest absolute Gasteiger partial charge is 0.0808 e. The van der Waals surface area contributed by atoms with Gasteiger partial charge in [-0.25, -0.2) is 0 Å².